The molecular weight excluding hydrogens is 367 g/mol. The molecule has 0 spiro atoms. The summed E-state index contributed by atoms with van der Waals surface area (Å²) in [5.74, 6) is -1.21. The predicted molar refractivity (Wildman–Crippen MR) is 93.1 cm³/mol. The van der Waals surface area contributed by atoms with Gasteiger partial charge in [0.1, 0.15) is 5.82 Å². The number of hydrogen-bond donors (Lipinski definition) is 1. The largest absolute Gasteiger partial charge is 0.320 e. The highest BCUT2D eigenvalue weighted by Gasteiger charge is 2.14. The monoisotopic (exact) mass is 378 g/mol. The van der Waals surface area contributed by atoms with Gasteiger partial charge in [-0.05, 0) is 30.3 Å². The summed E-state index contributed by atoms with van der Waals surface area (Å²) in [7, 11) is -1.44. The van der Waals surface area contributed by atoms with E-state index < -0.39 is 22.5 Å². The number of nitrogens with zero attached hydrogens (tertiary/aromatic N) is 3. The van der Waals surface area contributed by atoms with E-state index in [-0.39, 0.29) is 16.3 Å². The Balaban J connectivity index is 1.80. The van der Waals surface area contributed by atoms with Crippen LogP contribution >= 0.6 is 11.6 Å². The lowest BCUT2D eigenvalue weighted by molar-refractivity contribution is 0.102. The van der Waals surface area contributed by atoms with E-state index in [9.17, 15) is 13.4 Å². The Labute approximate surface area is 150 Å². The second-order valence-electron chi connectivity index (χ2n) is 5.05. The average Bonchev–Trinajstić information content (AvgIpc) is 3.05. The van der Waals surface area contributed by atoms with Gasteiger partial charge in [0.05, 0.1) is 32.6 Å². The van der Waals surface area contributed by atoms with E-state index in [1.165, 1.54) is 29.3 Å². The molecule has 1 amide bonds. The minimum absolute atomic E-state index is 0.0449. The summed E-state index contributed by atoms with van der Waals surface area (Å²) in [6.45, 7) is 0. The summed E-state index contributed by atoms with van der Waals surface area (Å²) in [6, 6.07) is 10.9. The van der Waals surface area contributed by atoms with Crippen molar-refractivity contribution in [3.63, 3.8) is 0 Å². The third-order valence-electron chi connectivity index (χ3n) is 3.32. The molecule has 3 aromatic rings. The second kappa shape index (κ2) is 7.12. The lowest BCUT2D eigenvalue weighted by Crippen LogP contribution is -2.12. The van der Waals surface area contributed by atoms with Gasteiger partial charge in [-0.2, -0.15) is 0 Å². The van der Waals surface area contributed by atoms with Crippen LogP contribution in [0.15, 0.2) is 53.6 Å². The molecule has 9 heteroatoms. The molecule has 0 unspecified atom stereocenters. The van der Waals surface area contributed by atoms with Crippen LogP contribution in [-0.4, -0.2) is 31.4 Å². The zero-order chi connectivity index (χ0) is 18.0. The average molecular weight is 379 g/mol. The van der Waals surface area contributed by atoms with Crippen molar-refractivity contribution in [2.75, 3.05) is 11.6 Å². The van der Waals surface area contributed by atoms with Crippen molar-refractivity contribution in [3.8, 4) is 5.69 Å². The van der Waals surface area contributed by atoms with Gasteiger partial charge in [0, 0.05) is 11.9 Å². The number of para-hydroxylation sites is 1. The smallest absolute Gasteiger partial charge is 0.277 e. The first kappa shape index (κ1) is 17.2. The van der Waals surface area contributed by atoms with Crippen molar-refractivity contribution >= 4 is 34.0 Å². The molecule has 0 saturated carbocycles. The molecular formula is C16H12ClFN4O2S. The maximum atomic E-state index is 13.8. The van der Waals surface area contributed by atoms with Crippen molar-refractivity contribution in [1.29, 1.82) is 0 Å². The molecule has 1 aromatic heterocycles. The minimum Gasteiger partial charge on any atom is -0.320 e. The molecule has 0 saturated heterocycles. The number of nitrogens with one attached hydrogen (secondary N) is 1. The van der Waals surface area contributed by atoms with Crippen molar-refractivity contribution in [1.82, 2.24) is 15.0 Å². The maximum absolute atomic E-state index is 13.8. The van der Waals surface area contributed by atoms with E-state index >= 15 is 0 Å². The fourth-order valence-electron chi connectivity index (χ4n) is 2.13. The van der Waals surface area contributed by atoms with E-state index in [1.54, 1.807) is 24.3 Å². The standard InChI is InChI=1S/C16H12ClFN4O2S/c1-25(24)15-7-6-10(8-12(15)18)19-16(23)13-9-22(21-20-13)14-5-3-2-4-11(14)17/h2-9H,1H3,(H,19,23)/t25-/m1/s1. The normalized spacial score (nSPS) is 12.0. The van der Waals surface area contributed by atoms with Crippen LogP contribution in [-0.2, 0) is 10.8 Å². The topological polar surface area (TPSA) is 76.9 Å². The van der Waals surface area contributed by atoms with E-state index in [4.69, 9.17) is 11.6 Å². The quantitative estimate of drug-likeness (QED) is 0.757. The van der Waals surface area contributed by atoms with E-state index in [1.807, 2.05) is 0 Å². The number of hydrogen-bond acceptors (Lipinski definition) is 4. The third kappa shape index (κ3) is 3.75. The van der Waals surface area contributed by atoms with Crippen LogP contribution in [0, 0.1) is 5.82 Å². The Morgan fingerprint density at radius 1 is 1.28 bits per heavy atom. The molecule has 25 heavy (non-hydrogen) atoms. The van der Waals surface area contributed by atoms with Gasteiger partial charge in [-0.1, -0.05) is 28.9 Å². The Bertz CT molecular complexity index is 976. The zero-order valence-electron chi connectivity index (χ0n) is 12.9. The summed E-state index contributed by atoms with van der Waals surface area (Å²) >= 11 is 6.08. The van der Waals surface area contributed by atoms with Gasteiger partial charge in [-0.3, -0.25) is 9.00 Å². The number of carbonyl (C=O) groups excluding carboxylic acids is 1. The molecule has 0 fully saturated rings. The highest BCUT2D eigenvalue weighted by Crippen LogP contribution is 2.20. The number of benzene rings is 2. The Kier molecular flexibility index (Phi) is 4.91. The lowest BCUT2D eigenvalue weighted by atomic mass is 10.3. The van der Waals surface area contributed by atoms with Gasteiger partial charge in [0.25, 0.3) is 5.91 Å². The van der Waals surface area contributed by atoms with Crippen LogP contribution < -0.4 is 5.32 Å². The van der Waals surface area contributed by atoms with Crippen molar-refractivity contribution in [2.45, 2.75) is 4.90 Å². The number of amides is 1. The molecule has 1 heterocycles. The fourth-order valence-corrected chi connectivity index (χ4v) is 2.95. The molecule has 0 radical (unpaired) electrons. The van der Waals surface area contributed by atoms with Crippen molar-refractivity contribution < 1.29 is 13.4 Å². The lowest BCUT2D eigenvalue weighted by Gasteiger charge is -2.05. The fraction of sp³-hybridized carbons (Fsp3) is 0.0625. The summed E-state index contributed by atoms with van der Waals surface area (Å²) in [6.07, 6.45) is 2.80. The summed E-state index contributed by atoms with van der Waals surface area (Å²) in [4.78, 5) is 12.3. The van der Waals surface area contributed by atoms with Gasteiger partial charge in [-0.25, -0.2) is 9.07 Å². The van der Waals surface area contributed by atoms with Crippen LogP contribution in [0.4, 0.5) is 10.1 Å². The van der Waals surface area contributed by atoms with Gasteiger partial charge < -0.3 is 5.32 Å². The number of rotatable bonds is 4. The second-order valence-corrected chi connectivity index (χ2v) is 6.81. The van der Waals surface area contributed by atoms with Gasteiger partial charge in [-0.15, -0.1) is 5.10 Å². The summed E-state index contributed by atoms with van der Waals surface area (Å²) < 4.78 is 26.5. The zero-order valence-corrected chi connectivity index (χ0v) is 14.5. The third-order valence-corrected chi connectivity index (χ3v) is 4.59. The van der Waals surface area contributed by atoms with Crippen LogP contribution in [0.2, 0.25) is 5.02 Å². The molecule has 1 N–H and O–H groups in total. The van der Waals surface area contributed by atoms with E-state index in [0.29, 0.717) is 10.7 Å². The Morgan fingerprint density at radius 2 is 2.04 bits per heavy atom. The molecule has 3 rings (SSSR count). The first-order valence-electron chi connectivity index (χ1n) is 7.07. The maximum Gasteiger partial charge on any atom is 0.277 e. The van der Waals surface area contributed by atoms with Crippen LogP contribution in [0.1, 0.15) is 10.5 Å². The molecule has 1 atom stereocenters. The van der Waals surface area contributed by atoms with Crippen LogP contribution in [0.5, 0.6) is 0 Å². The molecule has 6 nitrogen and oxygen atoms in total. The molecule has 128 valence electrons. The summed E-state index contributed by atoms with van der Waals surface area (Å²) in [5, 5.41) is 10.7. The van der Waals surface area contributed by atoms with Gasteiger partial charge in [0.2, 0.25) is 0 Å². The van der Waals surface area contributed by atoms with E-state index in [0.717, 1.165) is 6.07 Å². The first-order valence-corrected chi connectivity index (χ1v) is 9.01. The highest BCUT2D eigenvalue weighted by molar-refractivity contribution is 7.84. The SMILES string of the molecule is C[S@@](=O)c1ccc(NC(=O)c2cn(-c3ccccc3Cl)nn2)cc1F. The summed E-state index contributed by atoms with van der Waals surface area (Å²) in [5.41, 5.74) is 0.851. The van der Waals surface area contributed by atoms with Crippen molar-refractivity contribution in [2.24, 2.45) is 0 Å². The van der Waals surface area contributed by atoms with Gasteiger partial charge in [0.15, 0.2) is 5.69 Å². The molecule has 0 aliphatic rings. The molecule has 2 aromatic carbocycles. The number of carbonyl (C=O) groups is 1. The molecule has 0 aliphatic carbocycles. The Hall–Kier alpha value is -2.58. The van der Waals surface area contributed by atoms with E-state index in [2.05, 4.69) is 15.6 Å². The molecule has 0 aliphatic heterocycles. The van der Waals surface area contributed by atoms with Crippen LogP contribution in [0.3, 0.4) is 0 Å². The predicted octanol–water partition coefficient (Wildman–Crippen LogP) is 3.05. The first-order chi connectivity index (χ1) is 12.0. The number of anilines is 1. The minimum atomic E-state index is -1.44. The van der Waals surface area contributed by atoms with Crippen molar-refractivity contribution in [3.05, 3.63) is 65.2 Å². The number of halogens is 2. The number of aromatic nitrogens is 3. The highest BCUT2D eigenvalue weighted by atomic mass is 35.5. The molecule has 0 bridgehead atoms. The van der Waals surface area contributed by atoms with Gasteiger partial charge >= 0.3 is 0 Å². The van der Waals surface area contributed by atoms with Crippen LogP contribution in [0.25, 0.3) is 5.69 Å². The Morgan fingerprint density at radius 3 is 2.72 bits per heavy atom.